The maximum absolute atomic E-state index is 11.8. The van der Waals surface area contributed by atoms with E-state index in [2.05, 4.69) is 6.92 Å². The summed E-state index contributed by atoms with van der Waals surface area (Å²) in [4.78, 5) is 13.6. The Morgan fingerprint density at radius 1 is 1.71 bits per heavy atom. The molecule has 0 aromatic carbocycles. The zero-order valence-corrected chi connectivity index (χ0v) is 9.75. The molecule has 0 bridgehead atoms. The van der Waals surface area contributed by atoms with Gasteiger partial charge in [-0.15, -0.1) is 11.6 Å². The number of carbonyl (C=O) groups is 1. The van der Waals surface area contributed by atoms with Gasteiger partial charge in [0.05, 0.1) is 18.8 Å². The fraction of sp³-hybridized carbons (Fsp3) is 0.900. The van der Waals surface area contributed by atoms with Crippen LogP contribution < -0.4 is 0 Å². The van der Waals surface area contributed by atoms with E-state index in [1.165, 1.54) is 0 Å². The summed E-state index contributed by atoms with van der Waals surface area (Å²) in [5.41, 5.74) is 0. The van der Waals surface area contributed by atoms with Gasteiger partial charge in [0.2, 0.25) is 5.91 Å². The summed E-state index contributed by atoms with van der Waals surface area (Å²) in [5, 5.41) is -0.436. The van der Waals surface area contributed by atoms with E-state index in [4.69, 9.17) is 16.3 Å². The predicted octanol–water partition coefficient (Wildman–Crippen LogP) is 1.64. The first kappa shape index (κ1) is 11.8. The summed E-state index contributed by atoms with van der Waals surface area (Å²) in [6.45, 7) is 7.05. The lowest BCUT2D eigenvalue weighted by Gasteiger charge is -2.38. The molecule has 1 fully saturated rings. The lowest BCUT2D eigenvalue weighted by molar-refractivity contribution is -0.143. The van der Waals surface area contributed by atoms with E-state index >= 15 is 0 Å². The molecule has 0 aliphatic carbocycles. The number of carbonyl (C=O) groups excluding carboxylic acids is 1. The molecule has 0 radical (unpaired) electrons. The average molecular weight is 220 g/mol. The number of amides is 1. The number of morpholine rings is 1. The van der Waals surface area contributed by atoms with Crippen LogP contribution in [0.3, 0.4) is 0 Å². The Labute approximate surface area is 90.4 Å². The molecule has 0 aromatic rings. The SMILES string of the molecule is CCC1COC(C)CN1C(=O)C(C)Cl. The number of rotatable bonds is 2. The smallest absolute Gasteiger partial charge is 0.240 e. The third kappa shape index (κ3) is 2.61. The van der Waals surface area contributed by atoms with Gasteiger partial charge in [0, 0.05) is 6.54 Å². The summed E-state index contributed by atoms with van der Waals surface area (Å²) in [7, 11) is 0. The van der Waals surface area contributed by atoms with Crippen LogP contribution in [0.5, 0.6) is 0 Å². The van der Waals surface area contributed by atoms with E-state index in [1.54, 1.807) is 6.92 Å². The number of ether oxygens (including phenoxy) is 1. The molecule has 0 aromatic heterocycles. The highest BCUT2D eigenvalue weighted by atomic mass is 35.5. The Balaban J connectivity index is 2.65. The quantitative estimate of drug-likeness (QED) is 0.661. The fourth-order valence-corrected chi connectivity index (χ4v) is 1.81. The topological polar surface area (TPSA) is 29.5 Å². The number of hydrogen-bond acceptors (Lipinski definition) is 2. The summed E-state index contributed by atoms with van der Waals surface area (Å²) in [6, 6.07) is 0.194. The third-order valence-corrected chi connectivity index (χ3v) is 2.75. The Hall–Kier alpha value is -0.280. The number of nitrogens with zero attached hydrogens (tertiary/aromatic N) is 1. The minimum atomic E-state index is -0.436. The van der Waals surface area contributed by atoms with E-state index in [1.807, 2.05) is 11.8 Å². The summed E-state index contributed by atoms with van der Waals surface area (Å²) < 4.78 is 5.50. The maximum atomic E-state index is 11.8. The lowest BCUT2D eigenvalue weighted by atomic mass is 10.1. The van der Waals surface area contributed by atoms with Gasteiger partial charge >= 0.3 is 0 Å². The van der Waals surface area contributed by atoms with Gasteiger partial charge in [0.1, 0.15) is 5.38 Å². The summed E-state index contributed by atoms with van der Waals surface area (Å²) in [5.74, 6) is 0.0219. The van der Waals surface area contributed by atoms with Gasteiger partial charge in [-0.2, -0.15) is 0 Å². The van der Waals surface area contributed by atoms with E-state index in [0.29, 0.717) is 13.2 Å². The molecule has 82 valence electrons. The van der Waals surface area contributed by atoms with Crippen molar-refractivity contribution >= 4 is 17.5 Å². The van der Waals surface area contributed by atoms with Crippen molar-refractivity contribution < 1.29 is 9.53 Å². The molecule has 0 spiro atoms. The highest BCUT2D eigenvalue weighted by molar-refractivity contribution is 6.30. The van der Waals surface area contributed by atoms with Crippen LogP contribution in [0.2, 0.25) is 0 Å². The van der Waals surface area contributed by atoms with Crippen LogP contribution >= 0.6 is 11.6 Å². The molecule has 1 amide bonds. The first-order valence-corrected chi connectivity index (χ1v) is 5.56. The van der Waals surface area contributed by atoms with Gasteiger partial charge in [0.15, 0.2) is 0 Å². The molecule has 14 heavy (non-hydrogen) atoms. The van der Waals surface area contributed by atoms with E-state index in [9.17, 15) is 4.79 Å². The second kappa shape index (κ2) is 4.99. The van der Waals surface area contributed by atoms with Gasteiger partial charge in [-0.05, 0) is 20.3 Å². The lowest BCUT2D eigenvalue weighted by Crippen LogP contribution is -2.53. The molecule has 1 rings (SSSR count). The van der Waals surface area contributed by atoms with Gasteiger partial charge < -0.3 is 9.64 Å². The maximum Gasteiger partial charge on any atom is 0.240 e. The van der Waals surface area contributed by atoms with Crippen LogP contribution in [0.4, 0.5) is 0 Å². The summed E-state index contributed by atoms with van der Waals surface area (Å²) in [6.07, 6.45) is 1.04. The molecule has 0 N–H and O–H groups in total. The number of hydrogen-bond donors (Lipinski definition) is 0. The van der Waals surface area contributed by atoms with E-state index in [0.717, 1.165) is 6.42 Å². The average Bonchev–Trinajstić information content (AvgIpc) is 2.16. The Kier molecular flexibility index (Phi) is 4.20. The van der Waals surface area contributed by atoms with Crippen molar-refractivity contribution in [2.45, 2.75) is 44.7 Å². The van der Waals surface area contributed by atoms with Crippen molar-refractivity contribution in [2.75, 3.05) is 13.2 Å². The molecular weight excluding hydrogens is 202 g/mol. The fourth-order valence-electron chi connectivity index (χ4n) is 1.68. The van der Waals surface area contributed by atoms with Gasteiger partial charge in [-0.1, -0.05) is 6.92 Å². The summed E-state index contributed by atoms with van der Waals surface area (Å²) >= 11 is 5.80. The highest BCUT2D eigenvalue weighted by Crippen LogP contribution is 2.16. The highest BCUT2D eigenvalue weighted by Gasteiger charge is 2.30. The third-order valence-electron chi connectivity index (χ3n) is 2.56. The van der Waals surface area contributed by atoms with E-state index in [-0.39, 0.29) is 18.1 Å². The molecule has 4 heteroatoms. The van der Waals surface area contributed by atoms with Crippen molar-refractivity contribution in [3.8, 4) is 0 Å². The van der Waals surface area contributed by atoms with Crippen molar-refractivity contribution in [3.63, 3.8) is 0 Å². The molecule has 1 aliphatic heterocycles. The molecule has 3 unspecified atom stereocenters. The number of alkyl halides is 1. The molecule has 3 atom stereocenters. The van der Waals surface area contributed by atoms with Gasteiger partial charge in [-0.25, -0.2) is 0 Å². The van der Waals surface area contributed by atoms with Crippen molar-refractivity contribution in [1.29, 1.82) is 0 Å². The molecule has 1 saturated heterocycles. The van der Waals surface area contributed by atoms with Gasteiger partial charge in [-0.3, -0.25) is 4.79 Å². The first-order chi connectivity index (χ1) is 6.56. The molecule has 3 nitrogen and oxygen atoms in total. The minimum Gasteiger partial charge on any atom is -0.375 e. The molecule has 1 aliphatic rings. The van der Waals surface area contributed by atoms with Crippen molar-refractivity contribution in [3.05, 3.63) is 0 Å². The van der Waals surface area contributed by atoms with Crippen molar-refractivity contribution in [2.24, 2.45) is 0 Å². The van der Waals surface area contributed by atoms with Crippen LogP contribution in [-0.2, 0) is 9.53 Å². The predicted molar refractivity (Wildman–Crippen MR) is 56.5 cm³/mol. The second-order valence-electron chi connectivity index (χ2n) is 3.81. The van der Waals surface area contributed by atoms with Crippen LogP contribution in [-0.4, -0.2) is 41.5 Å². The Morgan fingerprint density at radius 3 is 2.86 bits per heavy atom. The normalized spacial score (nSPS) is 30.1. The van der Waals surface area contributed by atoms with Crippen LogP contribution in [0.15, 0.2) is 0 Å². The van der Waals surface area contributed by atoms with Crippen LogP contribution in [0, 0.1) is 0 Å². The van der Waals surface area contributed by atoms with Gasteiger partial charge in [0.25, 0.3) is 0 Å². The monoisotopic (exact) mass is 219 g/mol. The first-order valence-electron chi connectivity index (χ1n) is 5.12. The largest absolute Gasteiger partial charge is 0.375 e. The van der Waals surface area contributed by atoms with Crippen LogP contribution in [0.1, 0.15) is 27.2 Å². The second-order valence-corrected chi connectivity index (χ2v) is 4.47. The molecule has 0 saturated carbocycles. The minimum absolute atomic E-state index is 0.0219. The standard InChI is InChI=1S/C10H18ClNO2/c1-4-9-6-14-7(2)5-12(9)10(13)8(3)11/h7-9H,4-6H2,1-3H3. The zero-order chi connectivity index (χ0) is 10.7. The molecular formula is C10H18ClNO2. The number of halogens is 1. The van der Waals surface area contributed by atoms with Crippen molar-refractivity contribution in [1.82, 2.24) is 4.90 Å². The Bertz CT molecular complexity index is 208. The molecule has 1 heterocycles. The zero-order valence-electron chi connectivity index (χ0n) is 9.00. The Morgan fingerprint density at radius 2 is 2.36 bits per heavy atom. The van der Waals surface area contributed by atoms with Crippen LogP contribution in [0.25, 0.3) is 0 Å². The van der Waals surface area contributed by atoms with E-state index < -0.39 is 5.38 Å².